The summed E-state index contributed by atoms with van der Waals surface area (Å²) in [6.07, 6.45) is 3.23. The topological polar surface area (TPSA) is 52.6 Å². The molecule has 0 amide bonds. The normalized spacial score (nSPS) is 19.5. The van der Waals surface area contributed by atoms with Gasteiger partial charge in [0.05, 0.1) is 11.8 Å². The maximum atomic E-state index is 12.5. The minimum atomic E-state index is -0.407. The number of hydrogen-bond acceptors (Lipinski definition) is 4. The van der Waals surface area contributed by atoms with Gasteiger partial charge in [0.2, 0.25) is 0 Å². The van der Waals surface area contributed by atoms with Crippen LogP contribution in [0.15, 0.2) is 60.7 Å². The molecule has 1 fully saturated rings. The minimum Gasteiger partial charge on any atom is -0.461 e. The number of carbonyl (C=O) groups excluding carboxylic acids is 2. The molecule has 0 N–H and O–H groups in total. The summed E-state index contributed by atoms with van der Waals surface area (Å²) in [5, 5.41) is 0. The van der Waals surface area contributed by atoms with Crippen molar-refractivity contribution in [3.63, 3.8) is 0 Å². The molecule has 3 rings (SSSR count). The average Bonchev–Trinajstić information content (AvgIpc) is 2.72. The van der Waals surface area contributed by atoms with Crippen LogP contribution < -0.4 is 0 Å². The van der Waals surface area contributed by atoms with Crippen LogP contribution in [0.5, 0.6) is 0 Å². The summed E-state index contributed by atoms with van der Waals surface area (Å²) in [6, 6.07) is 19.2. The van der Waals surface area contributed by atoms with E-state index in [1.54, 1.807) is 0 Å². The van der Waals surface area contributed by atoms with Gasteiger partial charge >= 0.3 is 11.9 Å². The fourth-order valence-corrected chi connectivity index (χ4v) is 3.37. The van der Waals surface area contributed by atoms with Crippen molar-refractivity contribution in [2.75, 3.05) is 0 Å². The van der Waals surface area contributed by atoms with Gasteiger partial charge in [0.25, 0.3) is 0 Å². The third-order valence-corrected chi connectivity index (χ3v) is 4.82. The summed E-state index contributed by atoms with van der Waals surface area (Å²) in [4.78, 5) is 25.1. The van der Waals surface area contributed by atoms with Crippen molar-refractivity contribution in [1.29, 1.82) is 0 Å². The highest BCUT2D eigenvalue weighted by Gasteiger charge is 2.37. The van der Waals surface area contributed by atoms with Gasteiger partial charge in [-0.05, 0) is 24.0 Å². The third kappa shape index (κ3) is 4.94. The van der Waals surface area contributed by atoms with Crippen LogP contribution in [0.25, 0.3) is 0 Å². The second-order valence-electron chi connectivity index (χ2n) is 6.68. The van der Waals surface area contributed by atoms with E-state index in [1.165, 1.54) is 0 Å². The fraction of sp³-hybridized carbons (Fsp3) is 0.364. The molecule has 0 radical (unpaired) electrons. The first kappa shape index (κ1) is 18.2. The van der Waals surface area contributed by atoms with Gasteiger partial charge in [0.1, 0.15) is 13.2 Å². The maximum Gasteiger partial charge on any atom is 0.310 e. The molecule has 0 aliphatic heterocycles. The first-order valence-corrected chi connectivity index (χ1v) is 9.15. The average molecular weight is 352 g/mol. The molecule has 2 aromatic carbocycles. The third-order valence-electron chi connectivity index (χ3n) is 4.82. The SMILES string of the molecule is O=C(OCc1ccccc1)C1CCCCC1C(=O)OCc1ccccc1. The quantitative estimate of drug-likeness (QED) is 0.728. The second-order valence-corrected chi connectivity index (χ2v) is 6.68. The summed E-state index contributed by atoms with van der Waals surface area (Å²) < 4.78 is 10.9. The Hall–Kier alpha value is -2.62. The maximum absolute atomic E-state index is 12.5. The number of hydrogen-bond donors (Lipinski definition) is 0. The van der Waals surface area contributed by atoms with E-state index in [0.717, 1.165) is 24.0 Å². The molecule has 4 heteroatoms. The Bertz CT molecular complexity index is 648. The summed E-state index contributed by atoms with van der Waals surface area (Å²) in [7, 11) is 0. The lowest BCUT2D eigenvalue weighted by Gasteiger charge is -2.28. The van der Waals surface area contributed by atoms with Crippen LogP contribution in [0.1, 0.15) is 36.8 Å². The molecule has 0 heterocycles. The Morgan fingerprint density at radius 2 is 1.08 bits per heavy atom. The predicted octanol–water partition coefficient (Wildman–Crippen LogP) is 4.28. The number of benzene rings is 2. The minimum absolute atomic E-state index is 0.238. The fourth-order valence-electron chi connectivity index (χ4n) is 3.37. The Balaban J connectivity index is 1.56. The first-order valence-electron chi connectivity index (χ1n) is 9.15. The van der Waals surface area contributed by atoms with E-state index in [2.05, 4.69) is 0 Å². The molecule has 0 aromatic heterocycles. The molecular formula is C22H24O4. The van der Waals surface area contributed by atoms with Crippen molar-refractivity contribution in [1.82, 2.24) is 0 Å². The molecule has 2 atom stereocenters. The molecule has 1 saturated carbocycles. The van der Waals surface area contributed by atoms with Crippen LogP contribution in [-0.2, 0) is 32.3 Å². The lowest BCUT2D eigenvalue weighted by molar-refractivity contribution is -0.164. The van der Waals surface area contributed by atoms with Gasteiger partial charge in [0.15, 0.2) is 0 Å². The Morgan fingerprint density at radius 3 is 1.46 bits per heavy atom. The summed E-state index contributed by atoms with van der Waals surface area (Å²) >= 11 is 0. The zero-order valence-electron chi connectivity index (χ0n) is 14.8. The van der Waals surface area contributed by atoms with Crippen molar-refractivity contribution >= 4 is 11.9 Å². The molecule has 4 nitrogen and oxygen atoms in total. The number of ether oxygens (including phenoxy) is 2. The lowest BCUT2D eigenvalue weighted by Crippen LogP contribution is -2.34. The van der Waals surface area contributed by atoms with Gasteiger partial charge in [-0.2, -0.15) is 0 Å². The van der Waals surface area contributed by atoms with E-state index in [-0.39, 0.29) is 25.2 Å². The summed E-state index contributed by atoms with van der Waals surface area (Å²) in [5.41, 5.74) is 1.89. The number of esters is 2. The van der Waals surface area contributed by atoms with Crippen LogP contribution in [0.3, 0.4) is 0 Å². The Kier molecular flexibility index (Phi) is 6.42. The van der Waals surface area contributed by atoms with E-state index < -0.39 is 11.8 Å². The zero-order chi connectivity index (χ0) is 18.2. The highest BCUT2D eigenvalue weighted by Crippen LogP contribution is 2.32. The number of carbonyl (C=O) groups is 2. The predicted molar refractivity (Wildman–Crippen MR) is 97.9 cm³/mol. The molecule has 1 aliphatic carbocycles. The molecule has 136 valence electrons. The Labute approximate surface area is 154 Å². The summed E-state index contributed by atoms with van der Waals surface area (Å²) in [6.45, 7) is 0.476. The second kappa shape index (κ2) is 9.18. The van der Waals surface area contributed by atoms with Crippen molar-refractivity contribution < 1.29 is 19.1 Å². The van der Waals surface area contributed by atoms with Crippen molar-refractivity contribution in [2.45, 2.75) is 38.9 Å². The van der Waals surface area contributed by atoms with Gasteiger partial charge < -0.3 is 9.47 Å². The Morgan fingerprint density at radius 1 is 0.692 bits per heavy atom. The molecule has 26 heavy (non-hydrogen) atoms. The summed E-state index contributed by atoms with van der Waals surface area (Å²) in [5.74, 6) is -1.41. The van der Waals surface area contributed by atoms with Crippen LogP contribution in [-0.4, -0.2) is 11.9 Å². The molecule has 0 bridgehead atoms. The monoisotopic (exact) mass is 352 g/mol. The highest BCUT2D eigenvalue weighted by molar-refractivity contribution is 5.82. The van der Waals surface area contributed by atoms with E-state index in [1.807, 2.05) is 60.7 Å². The van der Waals surface area contributed by atoms with Crippen molar-refractivity contribution in [3.05, 3.63) is 71.8 Å². The lowest BCUT2D eigenvalue weighted by atomic mass is 9.79. The van der Waals surface area contributed by atoms with Gasteiger partial charge in [-0.25, -0.2) is 0 Å². The van der Waals surface area contributed by atoms with E-state index in [4.69, 9.17) is 9.47 Å². The smallest absolute Gasteiger partial charge is 0.310 e. The molecule has 0 spiro atoms. The van der Waals surface area contributed by atoms with Gasteiger partial charge in [-0.15, -0.1) is 0 Å². The molecule has 2 unspecified atom stereocenters. The van der Waals surface area contributed by atoms with Crippen LogP contribution in [0.4, 0.5) is 0 Å². The van der Waals surface area contributed by atoms with Crippen molar-refractivity contribution in [2.24, 2.45) is 11.8 Å². The molecule has 0 saturated heterocycles. The van der Waals surface area contributed by atoms with Gasteiger partial charge in [0, 0.05) is 0 Å². The number of rotatable bonds is 6. The first-order chi connectivity index (χ1) is 12.7. The van der Waals surface area contributed by atoms with E-state index in [0.29, 0.717) is 12.8 Å². The van der Waals surface area contributed by atoms with Crippen LogP contribution >= 0.6 is 0 Å². The van der Waals surface area contributed by atoms with Crippen LogP contribution in [0, 0.1) is 11.8 Å². The standard InChI is InChI=1S/C22H24O4/c23-21(25-15-17-9-3-1-4-10-17)19-13-7-8-14-20(19)22(24)26-16-18-11-5-2-6-12-18/h1-6,9-12,19-20H,7-8,13-16H2. The van der Waals surface area contributed by atoms with Gasteiger partial charge in [-0.1, -0.05) is 73.5 Å². The van der Waals surface area contributed by atoms with Crippen molar-refractivity contribution in [3.8, 4) is 0 Å². The zero-order valence-corrected chi connectivity index (χ0v) is 14.8. The highest BCUT2D eigenvalue weighted by atomic mass is 16.5. The van der Waals surface area contributed by atoms with E-state index in [9.17, 15) is 9.59 Å². The van der Waals surface area contributed by atoms with E-state index >= 15 is 0 Å². The largest absolute Gasteiger partial charge is 0.461 e. The molecular weight excluding hydrogens is 328 g/mol. The molecule has 1 aliphatic rings. The van der Waals surface area contributed by atoms with Gasteiger partial charge in [-0.3, -0.25) is 9.59 Å². The van der Waals surface area contributed by atoms with Crippen LogP contribution in [0.2, 0.25) is 0 Å². The molecule has 2 aromatic rings.